The summed E-state index contributed by atoms with van der Waals surface area (Å²) in [6.07, 6.45) is 0. The van der Waals surface area contributed by atoms with Crippen LogP contribution >= 0.6 is 11.6 Å². The molecule has 2 rings (SSSR count). The number of nitrogens with zero attached hydrogens (tertiary/aromatic N) is 2. The molecule has 126 valence electrons. The number of carbonyl (C=O) groups excluding carboxylic acids is 2. The van der Waals surface area contributed by atoms with Gasteiger partial charge >= 0.3 is 0 Å². The van der Waals surface area contributed by atoms with Crippen molar-refractivity contribution in [2.24, 2.45) is 0 Å². The zero-order valence-electron chi connectivity index (χ0n) is 13.5. The number of benzene rings is 1. The Labute approximate surface area is 140 Å². The van der Waals surface area contributed by atoms with E-state index in [1.165, 1.54) is 14.2 Å². The highest BCUT2D eigenvalue weighted by Crippen LogP contribution is 2.29. The standard InChI is InChI=1S/C16H21ClN2O4/c1-11(17)15(20)18-7-9-19(10-8-18)16(21)14-12(22-2)5-4-6-13(14)23-3/h4-6,11H,7-10H2,1-3H3. The Bertz CT molecular complexity index is 561. The van der Waals surface area contributed by atoms with Crippen LogP contribution in [-0.4, -0.2) is 67.4 Å². The van der Waals surface area contributed by atoms with Crippen molar-refractivity contribution in [2.45, 2.75) is 12.3 Å². The van der Waals surface area contributed by atoms with Gasteiger partial charge in [0.25, 0.3) is 5.91 Å². The summed E-state index contributed by atoms with van der Waals surface area (Å²) in [5.41, 5.74) is 0.406. The van der Waals surface area contributed by atoms with Crippen LogP contribution in [0.2, 0.25) is 0 Å². The lowest BCUT2D eigenvalue weighted by Gasteiger charge is -2.35. The fourth-order valence-electron chi connectivity index (χ4n) is 2.60. The smallest absolute Gasteiger partial charge is 0.261 e. The third-order valence-electron chi connectivity index (χ3n) is 3.86. The van der Waals surface area contributed by atoms with Gasteiger partial charge in [-0.15, -0.1) is 11.6 Å². The molecule has 1 unspecified atom stereocenters. The zero-order chi connectivity index (χ0) is 17.0. The highest BCUT2D eigenvalue weighted by Gasteiger charge is 2.29. The molecule has 0 bridgehead atoms. The van der Waals surface area contributed by atoms with Gasteiger partial charge in [0.05, 0.1) is 14.2 Å². The van der Waals surface area contributed by atoms with Crippen molar-refractivity contribution >= 4 is 23.4 Å². The van der Waals surface area contributed by atoms with E-state index in [0.717, 1.165) is 0 Å². The SMILES string of the molecule is COc1cccc(OC)c1C(=O)N1CCN(C(=O)C(C)Cl)CC1. The molecule has 1 heterocycles. The van der Waals surface area contributed by atoms with Crippen molar-refractivity contribution in [2.75, 3.05) is 40.4 Å². The van der Waals surface area contributed by atoms with Crippen LogP contribution in [0.3, 0.4) is 0 Å². The van der Waals surface area contributed by atoms with E-state index < -0.39 is 5.38 Å². The van der Waals surface area contributed by atoms with E-state index in [-0.39, 0.29) is 11.8 Å². The molecule has 0 aliphatic carbocycles. The van der Waals surface area contributed by atoms with E-state index in [4.69, 9.17) is 21.1 Å². The molecule has 0 spiro atoms. The number of amides is 2. The van der Waals surface area contributed by atoms with E-state index in [2.05, 4.69) is 0 Å². The Morgan fingerprint density at radius 1 is 1.04 bits per heavy atom. The molecule has 0 N–H and O–H groups in total. The van der Waals surface area contributed by atoms with Gasteiger partial charge in [0.15, 0.2) is 0 Å². The highest BCUT2D eigenvalue weighted by molar-refractivity contribution is 6.30. The monoisotopic (exact) mass is 340 g/mol. The molecule has 1 atom stereocenters. The molecular formula is C16H21ClN2O4. The Morgan fingerprint density at radius 2 is 1.52 bits per heavy atom. The molecule has 2 amide bonds. The third kappa shape index (κ3) is 3.69. The van der Waals surface area contributed by atoms with Gasteiger partial charge in [0.1, 0.15) is 22.4 Å². The molecule has 0 saturated carbocycles. The Balaban J connectivity index is 2.13. The lowest BCUT2D eigenvalue weighted by molar-refractivity contribution is -0.131. The predicted octanol–water partition coefficient (Wildman–Crippen LogP) is 1.62. The highest BCUT2D eigenvalue weighted by atomic mass is 35.5. The second-order valence-electron chi connectivity index (χ2n) is 5.27. The van der Waals surface area contributed by atoms with Gasteiger partial charge in [-0.1, -0.05) is 6.07 Å². The normalized spacial score (nSPS) is 16.0. The van der Waals surface area contributed by atoms with Crippen molar-refractivity contribution in [3.63, 3.8) is 0 Å². The Morgan fingerprint density at radius 3 is 1.96 bits per heavy atom. The van der Waals surface area contributed by atoms with Gasteiger partial charge in [-0.05, 0) is 19.1 Å². The number of hydrogen-bond donors (Lipinski definition) is 0. The van der Waals surface area contributed by atoms with Gasteiger partial charge in [0.2, 0.25) is 5.91 Å². The molecule has 1 saturated heterocycles. The summed E-state index contributed by atoms with van der Waals surface area (Å²) in [6.45, 7) is 3.50. The number of halogens is 1. The Hall–Kier alpha value is -1.95. The molecule has 1 aliphatic heterocycles. The molecule has 6 nitrogen and oxygen atoms in total. The van der Waals surface area contributed by atoms with Crippen LogP contribution in [0.15, 0.2) is 18.2 Å². The average Bonchev–Trinajstić information content (AvgIpc) is 2.59. The van der Waals surface area contributed by atoms with Crippen molar-refractivity contribution in [3.8, 4) is 11.5 Å². The van der Waals surface area contributed by atoms with Crippen LogP contribution < -0.4 is 9.47 Å². The first-order valence-electron chi connectivity index (χ1n) is 7.42. The van der Waals surface area contributed by atoms with Gasteiger partial charge in [-0.25, -0.2) is 0 Å². The van der Waals surface area contributed by atoms with Crippen molar-refractivity contribution in [1.82, 2.24) is 9.80 Å². The molecule has 23 heavy (non-hydrogen) atoms. The summed E-state index contributed by atoms with van der Waals surface area (Å²) in [5.74, 6) is 0.684. The number of ether oxygens (including phenoxy) is 2. The maximum absolute atomic E-state index is 12.8. The van der Waals surface area contributed by atoms with E-state index in [0.29, 0.717) is 43.2 Å². The van der Waals surface area contributed by atoms with Crippen LogP contribution in [0.5, 0.6) is 11.5 Å². The van der Waals surface area contributed by atoms with Gasteiger partial charge in [-0.2, -0.15) is 0 Å². The van der Waals surface area contributed by atoms with Crippen LogP contribution in [-0.2, 0) is 4.79 Å². The summed E-state index contributed by atoms with van der Waals surface area (Å²) in [5, 5.41) is -0.549. The summed E-state index contributed by atoms with van der Waals surface area (Å²) in [6, 6.07) is 5.22. The van der Waals surface area contributed by atoms with Crippen molar-refractivity contribution < 1.29 is 19.1 Å². The van der Waals surface area contributed by atoms with Crippen LogP contribution in [0.25, 0.3) is 0 Å². The first-order chi connectivity index (χ1) is 11.0. The van der Waals surface area contributed by atoms with Gasteiger partial charge in [-0.3, -0.25) is 9.59 Å². The van der Waals surface area contributed by atoms with E-state index in [1.807, 2.05) is 0 Å². The number of methoxy groups -OCH3 is 2. The summed E-state index contributed by atoms with van der Waals surface area (Å²) in [4.78, 5) is 28.1. The lowest BCUT2D eigenvalue weighted by atomic mass is 10.1. The fraction of sp³-hybridized carbons (Fsp3) is 0.500. The molecule has 7 heteroatoms. The number of hydrogen-bond acceptors (Lipinski definition) is 4. The number of rotatable bonds is 4. The summed E-state index contributed by atoms with van der Waals surface area (Å²) < 4.78 is 10.6. The molecule has 1 aliphatic rings. The quantitative estimate of drug-likeness (QED) is 0.781. The van der Waals surface area contributed by atoms with E-state index in [1.54, 1.807) is 34.9 Å². The summed E-state index contributed by atoms with van der Waals surface area (Å²) in [7, 11) is 3.04. The number of piperazine rings is 1. The molecular weight excluding hydrogens is 320 g/mol. The van der Waals surface area contributed by atoms with Crippen molar-refractivity contribution in [1.29, 1.82) is 0 Å². The summed E-state index contributed by atoms with van der Waals surface area (Å²) >= 11 is 5.83. The second-order valence-corrected chi connectivity index (χ2v) is 5.93. The minimum Gasteiger partial charge on any atom is -0.496 e. The molecule has 1 aromatic carbocycles. The lowest BCUT2D eigenvalue weighted by Crippen LogP contribution is -2.52. The van der Waals surface area contributed by atoms with Crippen LogP contribution in [0.4, 0.5) is 0 Å². The topological polar surface area (TPSA) is 59.1 Å². The van der Waals surface area contributed by atoms with E-state index >= 15 is 0 Å². The van der Waals surface area contributed by atoms with Gasteiger partial charge in [0, 0.05) is 26.2 Å². The molecule has 0 aromatic heterocycles. The maximum atomic E-state index is 12.8. The van der Waals surface area contributed by atoms with Gasteiger partial charge < -0.3 is 19.3 Å². The van der Waals surface area contributed by atoms with E-state index in [9.17, 15) is 9.59 Å². The minimum absolute atomic E-state index is 0.103. The molecule has 0 radical (unpaired) electrons. The van der Waals surface area contributed by atoms with Crippen LogP contribution in [0.1, 0.15) is 17.3 Å². The maximum Gasteiger partial charge on any atom is 0.261 e. The van der Waals surface area contributed by atoms with Crippen LogP contribution in [0, 0.1) is 0 Å². The first-order valence-corrected chi connectivity index (χ1v) is 7.86. The third-order valence-corrected chi connectivity index (χ3v) is 4.05. The largest absolute Gasteiger partial charge is 0.496 e. The minimum atomic E-state index is -0.549. The fourth-order valence-corrected chi connectivity index (χ4v) is 2.74. The Kier molecular flexibility index (Phi) is 5.71. The average molecular weight is 341 g/mol. The number of carbonyl (C=O) groups is 2. The zero-order valence-corrected chi connectivity index (χ0v) is 14.3. The van der Waals surface area contributed by atoms with Crippen molar-refractivity contribution in [3.05, 3.63) is 23.8 Å². The predicted molar refractivity (Wildman–Crippen MR) is 87.3 cm³/mol. The number of alkyl halides is 1. The molecule has 1 aromatic rings. The second kappa shape index (κ2) is 7.55. The first kappa shape index (κ1) is 17.4. The molecule has 1 fully saturated rings.